The molecule has 0 spiro atoms. The summed E-state index contributed by atoms with van der Waals surface area (Å²) < 4.78 is 53.3. The number of aromatic nitrogens is 1. The molecule has 0 bridgehead atoms. The zero-order valence-corrected chi connectivity index (χ0v) is 17.5. The molecule has 0 saturated heterocycles. The molecule has 0 radical (unpaired) electrons. The highest BCUT2D eigenvalue weighted by Crippen LogP contribution is 2.36. The first-order valence-electron chi connectivity index (χ1n) is 8.61. The quantitative estimate of drug-likeness (QED) is 0.304. The molecule has 0 aliphatic rings. The molecule has 0 N–H and O–H groups in total. The molecule has 0 aliphatic heterocycles. The molecular weight excluding hydrogens is 399 g/mol. The number of carbonyl (C=O) groups is 1. The van der Waals surface area contributed by atoms with E-state index in [2.05, 4.69) is 19.6 Å². The maximum atomic E-state index is 14.7. The largest absolute Gasteiger partial charge is 0.461 e. The van der Waals surface area contributed by atoms with Gasteiger partial charge in [-0.05, 0) is 25.1 Å². The van der Waals surface area contributed by atoms with Gasteiger partial charge in [-0.1, -0.05) is 31.2 Å². The van der Waals surface area contributed by atoms with E-state index < -0.39 is 36.9 Å². The highest BCUT2D eigenvalue weighted by molar-refractivity contribution is 6.76. The number of nitrogens with zero attached hydrogens (tertiary/aromatic N) is 1. The molecule has 1 aromatic carbocycles. The summed E-state index contributed by atoms with van der Waals surface area (Å²) in [5, 5.41) is -0.515. The molecule has 150 valence electrons. The van der Waals surface area contributed by atoms with Crippen molar-refractivity contribution in [2.45, 2.75) is 45.8 Å². The van der Waals surface area contributed by atoms with Crippen LogP contribution in [0.25, 0.3) is 10.9 Å². The highest BCUT2D eigenvalue weighted by Gasteiger charge is 2.25. The minimum atomic E-state index is -2.87. The van der Waals surface area contributed by atoms with E-state index in [1.54, 1.807) is 6.92 Å². The number of esters is 1. The van der Waals surface area contributed by atoms with Gasteiger partial charge in [0.1, 0.15) is 12.4 Å². The fraction of sp³-hybridized carbons (Fsp3) is 0.500. The molecule has 9 heteroatoms. The lowest BCUT2D eigenvalue weighted by atomic mass is 10.1. The molecule has 2 rings (SSSR count). The van der Waals surface area contributed by atoms with Gasteiger partial charge < -0.3 is 14.0 Å². The summed E-state index contributed by atoms with van der Waals surface area (Å²) in [5.41, 5.74) is -0.681. The maximum absolute atomic E-state index is 14.7. The van der Waals surface area contributed by atoms with Gasteiger partial charge in [0.2, 0.25) is 0 Å². The number of halogens is 4. The van der Waals surface area contributed by atoms with Crippen LogP contribution in [0.5, 0.6) is 0 Å². The third-order valence-electron chi connectivity index (χ3n) is 4.04. The molecular formula is C18H23ClF3NO3Si. The van der Waals surface area contributed by atoms with E-state index in [0.29, 0.717) is 6.61 Å². The number of carbonyl (C=O) groups excluding carboxylic acids is 1. The average Bonchev–Trinajstić information content (AvgIpc) is 2.93. The second kappa shape index (κ2) is 8.66. The van der Waals surface area contributed by atoms with Crippen LogP contribution in [0.2, 0.25) is 30.7 Å². The Kier molecular flexibility index (Phi) is 6.99. The fourth-order valence-electron chi connectivity index (χ4n) is 2.62. The maximum Gasteiger partial charge on any atom is 0.355 e. The third kappa shape index (κ3) is 5.06. The molecule has 0 saturated carbocycles. The third-order valence-corrected chi connectivity index (χ3v) is 6.02. The molecule has 0 atom stereocenters. The van der Waals surface area contributed by atoms with Crippen molar-refractivity contribution >= 4 is 36.5 Å². The van der Waals surface area contributed by atoms with Crippen molar-refractivity contribution in [2.75, 3.05) is 13.2 Å². The van der Waals surface area contributed by atoms with E-state index in [4.69, 9.17) is 21.1 Å². The number of rotatable bonds is 8. The van der Waals surface area contributed by atoms with E-state index in [9.17, 15) is 18.0 Å². The summed E-state index contributed by atoms with van der Waals surface area (Å²) in [6, 6.07) is 2.96. The van der Waals surface area contributed by atoms with Gasteiger partial charge in [-0.2, -0.15) is 0 Å². The van der Waals surface area contributed by atoms with Crippen LogP contribution >= 0.6 is 11.6 Å². The first-order chi connectivity index (χ1) is 12.6. The minimum absolute atomic E-state index is 0.0529. The first-order valence-corrected chi connectivity index (χ1v) is 12.7. The summed E-state index contributed by atoms with van der Waals surface area (Å²) in [6.07, 6.45) is -2.87. The second-order valence-corrected chi connectivity index (χ2v) is 13.4. The average molecular weight is 422 g/mol. The van der Waals surface area contributed by atoms with Gasteiger partial charge in [-0.15, -0.1) is 0 Å². The van der Waals surface area contributed by atoms with Gasteiger partial charge in [0.25, 0.3) is 6.43 Å². The lowest BCUT2D eigenvalue weighted by Crippen LogP contribution is -2.22. The van der Waals surface area contributed by atoms with Gasteiger partial charge in [-0.25, -0.2) is 18.0 Å². The van der Waals surface area contributed by atoms with Crippen LogP contribution in [0, 0.1) is 5.82 Å². The van der Waals surface area contributed by atoms with Crippen LogP contribution in [0.4, 0.5) is 13.2 Å². The van der Waals surface area contributed by atoms with Crippen molar-refractivity contribution in [1.29, 1.82) is 0 Å². The Morgan fingerprint density at radius 3 is 2.52 bits per heavy atom. The van der Waals surface area contributed by atoms with Crippen molar-refractivity contribution in [3.8, 4) is 0 Å². The summed E-state index contributed by atoms with van der Waals surface area (Å²) >= 11 is 5.81. The van der Waals surface area contributed by atoms with E-state index in [1.807, 2.05) is 0 Å². The van der Waals surface area contributed by atoms with E-state index in [0.717, 1.165) is 12.1 Å². The molecule has 4 nitrogen and oxygen atoms in total. The van der Waals surface area contributed by atoms with Crippen LogP contribution in [-0.4, -0.2) is 31.8 Å². The Balaban J connectivity index is 2.53. The molecule has 27 heavy (non-hydrogen) atoms. The first kappa shape index (κ1) is 21.8. The Bertz CT molecular complexity index is 834. The monoisotopic (exact) mass is 421 g/mol. The smallest absolute Gasteiger partial charge is 0.355 e. The van der Waals surface area contributed by atoms with Crippen molar-refractivity contribution < 1.29 is 27.4 Å². The molecule has 0 amide bonds. The van der Waals surface area contributed by atoms with Crippen LogP contribution in [0.1, 0.15) is 29.4 Å². The highest BCUT2D eigenvalue weighted by atomic mass is 35.5. The van der Waals surface area contributed by atoms with Crippen LogP contribution in [-0.2, 0) is 16.2 Å². The minimum Gasteiger partial charge on any atom is -0.461 e. The van der Waals surface area contributed by atoms with Gasteiger partial charge in [0.05, 0.1) is 17.1 Å². The van der Waals surface area contributed by atoms with Gasteiger partial charge in [0.15, 0.2) is 5.82 Å². The van der Waals surface area contributed by atoms with Gasteiger partial charge in [-0.3, -0.25) is 0 Å². The number of ether oxygens (including phenoxy) is 2. The van der Waals surface area contributed by atoms with Crippen LogP contribution in [0.3, 0.4) is 0 Å². The van der Waals surface area contributed by atoms with Crippen molar-refractivity contribution in [3.63, 3.8) is 0 Å². The molecule has 0 fully saturated rings. The normalized spacial score (nSPS) is 12.2. The van der Waals surface area contributed by atoms with E-state index >= 15 is 0 Å². The predicted molar refractivity (Wildman–Crippen MR) is 102 cm³/mol. The summed E-state index contributed by atoms with van der Waals surface area (Å²) in [5.74, 6) is -1.61. The number of benzene rings is 1. The summed E-state index contributed by atoms with van der Waals surface area (Å²) in [7, 11) is -1.34. The zero-order chi connectivity index (χ0) is 20.4. The van der Waals surface area contributed by atoms with Crippen molar-refractivity contribution in [2.24, 2.45) is 0 Å². The number of alkyl halides is 2. The summed E-state index contributed by atoms with van der Waals surface area (Å²) in [6.45, 7) is 8.52. The number of fused-ring (bicyclic) bond motifs is 1. The molecule has 1 aromatic heterocycles. The fourth-order valence-corrected chi connectivity index (χ4v) is 3.58. The lowest BCUT2D eigenvalue weighted by Gasteiger charge is -2.17. The molecule has 0 aliphatic carbocycles. The number of hydrogen-bond donors (Lipinski definition) is 0. The zero-order valence-electron chi connectivity index (χ0n) is 15.7. The standard InChI is InChI=1S/C18H23ClF3NO3Si/c1-5-26-18(24)14-9-11-12(17(21)22)8-13(19)15(20)16(11)23(14)10-25-6-7-27(2,3)4/h8-9,17H,5-7,10H2,1-4H3. The van der Waals surface area contributed by atoms with Gasteiger partial charge in [0, 0.05) is 25.6 Å². The Morgan fingerprint density at radius 2 is 1.96 bits per heavy atom. The molecule has 0 unspecified atom stereocenters. The SMILES string of the molecule is CCOC(=O)c1cc2c(C(F)F)cc(Cl)c(F)c2n1COCC[Si](C)(C)C. The van der Waals surface area contributed by atoms with Crippen LogP contribution < -0.4 is 0 Å². The van der Waals surface area contributed by atoms with E-state index in [1.165, 1.54) is 10.6 Å². The Hall–Kier alpha value is -1.51. The Labute approximate surface area is 162 Å². The van der Waals surface area contributed by atoms with E-state index in [-0.39, 0.29) is 29.9 Å². The molecule has 1 heterocycles. The second-order valence-electron chi connectivity index (χ2n) is 7.35. The van der Waals surface area contributed by atoms with Crippen molar-refractivity contribution in [1.82, 2.24) is 4.57 Å². The lowest BCUT2D eigenvalue weighted by molar-refractivity contribution is 0.0477. The van der Waals surface area contributed by atoms with Crippen LogP contribution in [0.15, 0.2) is 12.1 Å². The van der Waals surface area contributed by atoms with Crippen molar-refractivity contribution in [3.05, 3.63) is 34.2 Å². The topological polar surface area (TPSA) is 40.5 Å². The Morgan fingerprint density at radius 1 is 1.30 bits per heavy atom. The molecule has 2 aromatic rings. The van der Waals surface area contributed by atoms with Gasteiger partial charge >= 0.3 is 5.97 Å². The predicted octanol–water partition coefficient (Wildman–Crippen LogP) is 5.86. The number of hydrogen-bond acceptors (Lipinski definition) is 3. The summed E-state index contributed by atoms with van der Waals surface area (Å²) in [4.78, 5) is 12.3.